The van der Waals surface area contributed by atoms with Crippen LogP contribution in [0.1, 0.15) is 20.9 Å². The Morgan fingerprint density at radius 3 is 2.36 bits per heavy atom. The van der Waals surface area contributed by atoms with E-state index in [1.165, 1.54) is 18.0 Å². The Labute approximate surface area is 164 Å². The van der Waals surface area contributed by atoms with E-state index in [1.807, 2.05) is 6.07 Å². The second kappa shape index (κ2) is 7.61. The van der Waals surface area contributed by atoms with E-state index < -0.39 is 0 Å². The number of fused-ring (bicyclic) bond motifs is 1. The molecular weight excluding hydrogens is 378 g/mol. The van der Waals surface area contributed by atoms with Gasteiger partial charge in [-0.05, 0) is 54.6 Å². The zero-order valence-corrected chi connectivity index (χ0v) is 15.3. The summed E-state index contributed by atoms with van der Waals surface area (Å²) in [6.07, 6.45) is 1.43. The van der Waals surface area contributed by atoms with E-state index in [9.17, 15) is 14.4 Å². The molecule has 1 aliphatic heterocycles. The lowest BCUT2D eigenvalue weighted by Gasteiger charge is -2.17. The molecule has 8 heteroatoms. The molecule has 3 amide bonds. The molecule has 0 atom stereocenters. The highest BCUT2D eigenvalue weighted by atomic mass is 32.2. The van der Waals surface area contributed by atoms with Gasteiger partial charge in [0, 0.05) is 21.8 Å². The number of hydrogen-bond donors (Lipinski definition) is 3. The van der Waals surface area contributed by atoms with E-state index in [-0.39, 0.29) is 23.5 Å². The molecule has 0 unspecified atom stereocenters. The van der Waals surface area contributed by atoms with Crippen molar-refractivity contribution in [3.05, 3.63) is 72.2 Å². The molecule has 3 aromatic rings. The molecule has 1 aliphatic rings. The van der Waals surface area contributed by atoms with Gasteiger partial charge >= 0.3 is 0 Å². The van der Waals surface area contributed by atoms with Gasteiger partial charge in [0.05, 0.1) is 17.7 Å². The van der Waals surface area contributed by atoms with Gasteiger partial charge in [-0.15, -0.1) is 11.8 Å². The van der Waals surface area contributed by atoms with Crippen molar-refractivity contribution in [3.8, 4) is 0 Å². The standard InChI is InChI=1S/C20H15N3O4S/c24-18-11-28-17-8-3-12(10-15(17)23-18)19(25)21-13-4-6-14(7-5-13)22-20(26)16-2-1-9-27-16/h1-10H,11H2,(H,21,25)(H,22,26)(H,23,24). The highest BCUT2D eigenvalue weighted by Gasteiger charge is 2.17. The molecular formula is C20H15N3O4S. The largest absolute Gasteiger partial charge is 0.459 e. The lowest BCUT2D eigenvalue weighted by molar-refractivity contribution is -0.113. The number of thioether (sulfide) groups is 1. The van der Waals surface area contributed by atoms with Gasteiger partial charge in [-0.3, -0.25) is 14.4 Å². The predicted molar refractivity (Wildman–Crippen MR) is 107 cm³/mol. The van der Waals surface area contributed by atoms with Gasteiger partial charge in [-0.25, -0.2) is 0 Å². The molecule has 0 radical (unpaired) electrons. The lowest BCUT2D eigenvalue weighted by atomic mass is 10.1. The summed E-state index contributed by atoms with van der Waals surface area (Å²) in [7, 11) is 0. The predicted octanol–water partition coefficient (Wildman–Crippen LogP) is 3.83. The van der Waals surface area contributed by atoms with Gasteiger partial charge in [0.2, 0.25) is 5.91 Å². The van der Waals surface area contributed by atoms with Crippen molar-refractivity contribution >= 4 is 46.5 Å². The third kappa shape index (κ3) is 3.91. The average molecular weight is 393 g/mol. The summed E-state index contributed by atoms with van der Waals surface area (Å²) in [5.41, 5.74) is 2.24. The molecule has 0 aliphatic carbocycles. The lowest BCUT2D eigenvalue weighted by Crippen LogP contribution is -2.19. The monoisotopic (exact) mass is 393 g/mol. The van der Waals surface area contributed by atoms with Crippen LogP contribution in [0.25, 0.3) is 0 Å². The fourth-order valence-corrected chi connectivity index (χ4v) is 3.45. The zero-order valence-electron chi connectivity index (χ0n) is 14.5. The molecule has 0 spiro atoms. The number of carbonyl (C=O) groups is 3. The number of nitrogens with one attached hydrogen (secondary N) is 3. The van der Waals surface area contributed by atoms with Crippen LogP contribution in [-0.4, -0.2) is 23.5 Å². The number of benzene rings is 2. The number of anilines is 3. The van der Waals surface area contributed by atoms with Crippen LogP contribution < -0.4 is 16.0 Å². The van der Waals surface area contributed by atoms with Crippen LogP contribution in [0.3, 0.4) is 0 Å². The normalized spacial score (nSPS) is 12.6. The van der Waals surface area contributed by atoms with Crippen molar-refractivity contribution in [1.29, 1.82) is 0 Å². The van der Waals surface area contributed by atoms with Crippen molar-refractivity contribution in [1.82, 2.24) is 0 Å². The fraction of sp³-hybridized carbons (Fsp3) is 0.0500. The van der Waals surface area contributed by atoms with Gasteiger partial charge in [0.25, 0.3) is 11.8 Å². The maximum absolute atomic E-state index is 12.5. The summed E-state index contributed by atoms with van der Waals surface area (Å²) in [5.74, 6) is -0.130. The van der Waals surface area contributed by atoms with Crippen LogP contribution in [0, 0.1) is 0 Å². The van der Waals surface area contributed by atoms with Gasteiger partial charge in [0.1, 0.15) is 0 Å². The third-order valence-corrected chi connectivity index (χ3v) is 5.09. The van der Waals surface area contributed by atoms with Crippen LogP contribution >= 0.6 is 11.8 Å². The molecule has 0 saturated heterocycles. The van der Waals surface area contributed by atoms with Crippen LogP contribution in [0.2, 0.25) is 0 Å². The van der Waals surface area contributed by atoms with Crippen LogP contribution in [0.4, 0.5) is 17.1 Å². The second-order valence-electron chi connectivity index (χ2n) is 6.01. The topological polar surface area (TPSA) is 100 Å². The van der Waals surface area contributed by atoms with Gasteiger partial charge in [-0.1, -0.05) is 0 Å². The van der Waals surface area contributed by atoms with E-state index in [1.54, 1.807) is 48.5 Å². The van der Waals surface area contributed by atoms with Crippen molar-refractivity contribution in [2.75, 3.05) is 21.7 Å². The summed E-state index contributed by atoms with van der Waals surface area (Å²) in [6.45, 7) is 0. The van der Waals surface area contributed by atoms with Gasteiger partial charge in [0.15, 0.2) is 5.76 Å². The number of amides is 3. The molecule has 140 valence electrons. The summed E-state index contributed by atoms with van der Waals surface area (Å²) in [5, 5.41) is 8.27. The first-order valence-corrected chi connectivity index (χ1v) is 9.40. The smallest absolute Gasteiger partial charge is 0.291 e. The molecule has 3 N–H and O–H groups in total. The first kappa shape index (κ1) is 17.9. The Hall–Kier alpha value is -3.52. The molecule has 0 bridgehead atoms. The Bertz CT molecular complexity index is 1050. The van der Waals surface area contributed by atoms with E-state index in [0.29, 0.717) is 28.4 Å². The first-order chi connectivity index (χ1) is 13.6. The number of furan rings is 1. The molecule has 0 fully saturated rings. The summed E-state index contributed by atoms with van der Waals surface area (Å²) < 4.78 is 5.04. The zero-order chi connectivity index (χ0) is 19.5. The third-order valence-electron chi connectivity index (χ3n) is 4.02. The van der Waals surface area contributed by atoms with Crippen LogP contribution in [-0.2, 0) is 4.79 Å². The summed E-state index contributed by atoms with van der Waals surface area (Å²) in [4.78, 5) is 36.9. The van der Waals surface area contributed by atoms with Crippen molar-refractivity contribution in [2.45, 2.75) is 4.90 Å². The number of rotatable bonds is 4. The maximum atomic E-state index is 12.5. The number of carbonyl (C=O) groups excluding carboxylic acids is 3. The minimum Gasteiger partial charge on any atom is -0.459 e. The van der Waals surface area contributed by atoms with E-state index in [2.05, 4.69) is 16.0 Å². The molecule has 2 aromatic carbocycles. The van der Waals surface area contributed by atoms with Crippen molar-refractivity contribution < 1.29 is 18.8 Å². The summed E-state index contributed by atoms with van der Waals surface area (Å²) in [6, 6.07) is 15.1. The Morgan fingerprint density at radius 2 is 1.68 bits per heavy atom. The van der Waals surface area contributed by atoms with Crippen molar-refractivity contribution in [3.63, 3.8) is 0 Å². The quantitative estimate of drug-likeness (QED) is 0.625. The molecule has 4 rings (SSSR count). The minimum absolute atomic E-state index is 0.0813. The molecule has 0 saturated carbocycles. The Kier molecular flexibility index (Phi) is 4.86. The van der Waals surface area contributed by atoms with E-state index in [0.717, 1.165) is 4.90 Å². The number of hydrogen-bond acceptors (Lipinski definition) is 5. The first-order valence-electron chi connectivity index (χ1n) is 8.41. The highest BCUT2D eigenvalue weighted by molar-refractivity contribution is 8.00. The SMILES string of the molecule is O=C1CSc2ccc(C(=O)Nc3ccc(NC(=O)c4ccco4)cc3)cc2N1. The second-order valence-corrected chi connectivity index (χ2v) is 7.03. The van der Waals surface area contributed by atoms with Crippen LogP contribution in [0.5, 0.6) is 0 Å². The Morgan fingerprint density at radius 1 is 0.964 bits per heavy atom. The molecule has 28 heavy (non-hydrogen) atoms. The fourth-order valence-electron chi connectivity index (χ4n) is 2.66. The summed E-state index contributed by atoms with van der Waals surface area (Å²) >= 11 is 1.44. The van der Waals surface area contributed by atoms with Crippen LogP contribution in [0.15, 0.2) is 70.2 Å². The minimum atomic E-state index is -0.351. The molecule has 2 heterocycles. The molecule has 7 nitrogen and oxygen atoms in total. The van der Waals surface area contributed by atoms with Gasteiger partial charge in [-0.2, -0.15) is 0 Å². The maximum Gasteiger partial charge on any atom is 0.291 e. The molecule has 1 aromatic heterocycles. The van der Waals surface area contributed by atoms with Crippen molar-refractivity contribution in [2.24, 2.45) is 0 Å². The van der Waals surface area contributed by atoms with E-state index >= 15 is 0 Å². The van der Waals surface area contributed by atoms with Gasteiger partial charge < -0.3 is 20.4 Å². The Balaban J connectivity index is 1.41. The highest BCUT2D eigenvalue weighted by Crippen LogP contribution is 2.32. The average Bonchev–Trinajstić information content (AvgIpc) is 3.24. The van der Waals surface area contributed by atoms with E-state index in [4.69, 9.17) is 4.42 Å².